The second kappa shape index (κ2) is 9.09. The Balaban J connectivity index is 1.53. The zero-order valence-electron chi connectivity index (χ0n) is 17.8. The van der Waals surface area contributed by atoms with Crippen LogP contribution in [0.15, 0.2) is 48.2 Å². The summed E-state index contributed by atoms with van der Waals surface area (Å²) in [6, 6.07) is 5.53. The van der Waals surface area contributed by atoms with Crippen LogP contribution in [0.4, 0.5) is 18.9 Å². The van der Waals surface area contributed by atoms with Crippen LogP contribution >= 0.6 is 11.3 Å². The van der Waals surface area contributed by atoms with E-state index in [1.165, 1.54) is 42.5 Å². The van der Waals surface area contributed by atoms with Crippen molar-refractivity contribution >= 4 is 28.9 Å². The average Bonchev–Trinajstić information content (AvgIpc) is 3.53. The van der Waals surface area contributed by atoms with Gasteiger partial charge in [0.1, 0.15) is 16.3 Å². The number of ether oxygens (including phenoxy) is 1. The number of hydrogen-bond acceptors (Lipinski definition) is 7. The number of anilines is 1. The molecule has 0 aliphatic rings. The summed E-state index contributed by atoms with van der Waals surface area (Å²) in [5, 5.41) is 12.7. The van der Waals surface area contributed by atoms with E-state index in [-0.39, 0.29) is 18.0 Å². The molecule has 0 fully saturated rings. The van der Waals surface area contributed by atoms with Crippen molar-refractivity contribution in [1.82, 2.24) is 24.5 Å². The fourth-order valence-corrected chi connectivity index (χ4v) is 3.87. The largest absolute Gasteiger partial charge is 0.462 e. The molecule has 0 unspecified atom stereocenters. The number of nitrogens with zero attached hydrogens (tertiary/aromatic N) is 5. The van der Waals surface area contributed by atoms with Crippen molar-refractivity contribution in [1.29, 1.82) is 0 Å². The molecule has 0 aliphatic carbocycles. The molecule has 3 aromatic heterocycles. The Bertz CT molecular complexity index is 1340. The Kier molecular flexibility index (Phi) is 6.20. The third-order valence-corrected chi connectivity index (χ3v) is 5.48. The van der Waals surface area contributed by atoms with Gasteiger partial charge in [0.2, 0.25) is 0 Å². The number of halogens is 3. The molecule has 0 radical (unpaired) electrons. The summed E-state index contributed by atoms with van der Waals surface area (Å²) in [5.74, 6) is -1.59. The second-order valence-electron chi connectivity index (χ2n) is 6.98. The van der Waals surface area contributed by atoms with E-state index >= 15 is 0 Å². The summed E-state index contributed by atoms with van der Waals surface area (Å²) >= 11 is 1.29. The molecule has 0 saturated carbocycles. The zero-order chi connectivity index (χ0) is 24.5. The molecule has 1 aromatic carbocycles. The molecule has 0 atom stereocenters. The minimum Gasteiger partial charge on any atom is -0.462 e. The number of carbonyl (C=O) groups excluding carboxylic acids is 2. The minimum atomic E-state index is -4.85. The molecule has 176 valence electrons. The first kappa shape index (κ1) is 23.2. The van der Waals surface area contributed by atoms with Gasteiger partial charge in [0, 0.05) is 29.9 Å². The first-order valence-corrected chi connectivity index (χ1v) is 10.7. The van der Waals surface area contributed by atoms with Gasteiger partial charge in [0.25, 0.3) is 5.91 Å². The highest BCUT2D eigenvalue weighted by Gasteiger charge is 2.41. The van der Waals surface area contributed by atoms with Crippen molar-refractivity contribution in [2.45, 2.75) is 13.1 Å². The Hall–Kier alpha value is -4.00. The lowest BCUT2D eigenvalue weighted by Gasteiger charge is -2.13. The molecule has 1 N–H and O–H groups in total. The van der Waals surface area contributed by atoms with Crippen LogP contribution < -0.4 is 5.32 Å². The smallest absolute Gasteiger partial charge is 0.434 e. The Labute approximate surface area is 194 Å². The molecular formula is C21H17F3N6O3S. The molecule has 9 nitrogen and oxygen atoms in total. The minimum absolute atomic E-state index is 0.0494. The number of thiazole rings is 1. The summed E-state index contributed by atoms with van der Waals surface area (Å²) in [5.41, 5.74) is -0.562. The summed E-state index contributed by atoms with van der Waals surface area (Å²) in [6.07, 6.45) is -0.616. The van der Waals surface area contributed by atoms with Gasteiger partial charge in [0.15, 0.2) is 5.69 Å². The predicted octanol–water partition coefficient (Wildman–Crippen LogP) is 4.18. The van der Waals surface area contributed by atoms with Crippen molar-refractivity contribution in [2.24, 2.45) is 7.05 Å². The Morgan fingerprint density at radius 2 is 1.88 bits per heavy atom. The second-order valence-corrected chi connectivity index (χ2v) is 7.84. The highest BCUT2D eigenvalue weighted by Crippen LogP contribution is 2.34. The maximum atomic E-state index is 13.7. The van der Waals surface area contributed by atoms with E-state index in [9.17, 15) is 22.8 Å². The molecule has 3 heterocycles. The maximum Gasteiger partial charge on any atom is 0.434 e. The van der Waals surface area contributed by atoms with Crippen LogP contribution in [-0.2, 0) is 18.0 Å². The SMILES string of the molecule is CCOC(=O)c1cnn(-c2ccc(NC(=O)c3csc(-c4cnn(C)c4)n3)cc2)c1C(F)(F)F. The molecule has 0 bridgehead atoms. The zero-order valence-corrected chi connectivity index (χ0v) is 18.6. The number of aryl methyl sites for hydroxylation is 1. The quantitative estimate of drug-likeness (QED) is 0.407. The third-order valence-electron chi connectivity index (χ3n) is 4.59. The van der Waals surface area contributed by atoms with Gasteiger partial charge < -0.3 is 10.1 Å². The van der Waals surface area contributed by atoms with Crippen molar-refractivity contribution < 1.29 is 27.5 Å². The third kappa shape index (κ3) is 4.69. The van der Waals surface area contributed by atoms with E-state index in [2.05, 4.69) is 20.5 Å². The van der Waals surface area contributed by atoms with E-state index in [0.717, 1.165) is 11.8 Å². The van der Waals surface area contributed by atoms with Gasteiger partial charge in [0.05, 0.1) is 24.7 Å². The standard InChI is InChI=1S/C21H17F3N6O3S/c1-3-33-20(32)15-9-26-30(17(15)21(22,23)24)14-6-4-13(5-7-14)27-18(31)16-11-34-19(28-16)12-8-25-29(2)10-12/h4-11H,3H2,1-2H3,(H,27,31). The molecule has 0 aliphatic heterocycles. The van der Waals surface area contributed by atoms with Crippen LogP contribution in [0.3, 0.4) is 0 Å². The summed E-state index contributed by atoms with van der Waals surface area (Å²) in [4.78, 5) is 28.8. The topological polar surface area (TPSA) is 104 Å². The highest BCUT2D eigenvalue weighted by molar-refractivity contribution is 7.13. The number of alkyl halides is 3. The average molecular weight is 490 g/mol. The lowest BCUT2D eigenvalue weighted by Crippen LogP contribution is -2.18. The number of aromatic nitrogens is 5. The number of carbonyl (C=O) groups is 2. The van der Waals surface area contributed by atoms with Gasteiger partial charge in [-0.15, -0.1) is 11.3 Å². The van der Waals surface area contributed by atoms with E-state index in [0.29, 0.717) is 15.4 Å². The van der Waals surface area contributed by atoms with E-state index in [4.69, 9.17) is 4.74 Å². The number of esters is 1. The van der Waals surface area contributed by atoms with Crippen LogP contribution in [0.5, 0.6) is 0 Å². The Morgan fingerprint density at radius 1 is 1.15 bits per heavy atom. The number of hydrogen-bond donors (Lipinski definition) is 1. The van der Waals surface area contributed by atoms with Gasteiger partial charge in [-0.2, -0.15) is 23.4 Å². The molecule has 0 saturated heterocycles. The molecule has 13 heteroatoms. The first-order chi connectivity index (χ1) is 16.2. The molecule has 1 amide bonds. The van der Waals surface area contributed by atoms with Crippen molar-refractivity contribution in [3.8, 4) is 16.3 Å². The van der Waals surface area contributed by atoms with E-state index in [1.807, 2.05) is 0 Å². The van der Waals surface area contributed by atoms with Gasteiger partial charge in [-0.05, 0) is 31.2 Å². The van der Waals surface area contributed by atoms with Gasteiger partial charge in [-0.3, -0.25) is 9.48 Å². The monoisotopic (exact) mass is 490 g/mol. The van der Waals surface area contributed by atoms with Crippen molar-refractivity contribution in [3.63, 3.8) is 0 Å². The van der Waals surface area contributed by atoms with Crippen LogP contribution in [0.25, 0.3) is 16.3 Å². The molecule has 0 spiro atoms. The molecular weight excluding hydrogens is 473 g/mol. The number of nitrogens with one attached hydrogen (secondary N) is 1. The first-order valence-electron chi connectivity index (χ1n) is 9.86. The fraction of sp³-hybridized carbons (Fsp3) is 0.190. The van der Waals surface area contributed by atoms with Gasteiger partial charge in [-0.1, -0.05) is 0 Å². The highest BCUT2D eigenvalue weighted by atomic mass is 32.1. The summed E-state index contributed by atoms with van der Waals surface area (Å²) in [7, 11) is 1.77. The van der Waals surface area contributed by atoms with Crippen molar-refractivity contribution in [3.05, 3.63) is 65.2 Å². The number of rotatable bonds is 6. The molecule has 34 heavy (non-hydrogen) atoms. The summed E-state index contributed by atoms with van der Waals surface area (Å²) in [6.45, 7) is 1.42. The maximum absolute atomic E-state index is 13.7. The van der Waals surface area contributed by atoms with Crippen molar-refractivity contribution in [2.75, 3.05) is 11.9 Å². The Morgan fingerprint density at radius 3 is 2.50 bits per heavy atom. The number of amides is 1. The van der Waals surface area contributed by atoms with Crippen LogP contribution in [0, 0.1) is 0 Å². The van der Waals surface area contributed by atoms with Gasteiger partial charge >= 0.3 is 12.1 Å². The van der Waals surface area contributed by atoms with Crippen LogP contribution in [0.1, 0.15) is 33.5 Å². The molecule has 4 rings (SSSR count). The lowest BCUT2D eigenvalue weighted by atomic mass is 10.2. The van der Waals surface area contributed by atoms with E-state index in [1.54, 1.807) is 29.5 Å². The van der Waals surface area contributed by atoms with Crippen LogP contribution in [-0.4, -0.2) is 43.0 Å². The lowest BCUT2D eigenvalue weighted by molar-refractivity contribution is -0.143. The predicted molar refractivity (Wildman–Crippen MR) is 117 cm³/mol. The normalized spacial score (nSPS) is 11.4. The number of benzene rings is 1. The van der Waals surface area contributed by atoms with Gasteiger partial charge in [-0.25, -0.2) is 14.5 Å². The van der Waals surface area contributed by atoms with E-state index < -0.39 is 29.3 Å². The summed E-state index contributed by atoms with van der Waals surface area (Å²) < 4.78 is 47.9. The molecule has 4 aromatic rings. The van der Waals surface area contributed by atoms with Crippen LogP contribution in [0.2, 0.25) is 0 Å². The fourth-order valence-electron chi connectivity index (χ4n) is 3.10.